The maximum atomic E-state index is 12.8. The van der Waals surface area contributed by atoms with Crippen molar-refractivity contribution >= 4 is 17.8 Å². The average Bonchev–Trinajstić information content (AvgIpc) is 3.43. The zero-order chi connectivity index (χ0) is 17.8. The first kappa shape index (κ1) is 17.4. The van der Waals surface area contributed by atoms with E-state index in [1.54, 1.807) is 4.90 Å². The first-order chi connectivity index (χ1) is 12.1. The van der Waals surface area contributed by atoms with Crippen LogP contribution in [0.25, 0.3) is 0 Å². The first-order valence-corrected chi connectivity index (χ1v) is 8.26. The largest absolute Gasteiger partial charge is 0.480 e. The molecule has 2 saturated heterocycles. The summed E-state index contributed by atoms with van der Waals surface area (Å²) in [6.07, 6.45) is 0.354. The molecule has 3 rings (SSSR count). The highest BCUT2D eigenvalue weighted by Gasteiger charge is 2.48. The smallest absolute Gasteiger partial charge is 0.322 e. The molecule has 1 aromatic rings. The number of benzene rings is 1. The van der Waals surface area contributed by atoms with Crippen molar-refractivity contribution in [3.63, 3.8) is 0 Å². The summed E-state index contributed by atoms with van der Waals surface area (Å²) in [5.41, 5.74) is 0.924. The van der Waals surface area contributed by atoms with Gasteiger partial charge in [0.25, 0.3) is 0 Å². The van der Waals surface area contributed by atoms with Crippen LogP contribution in [0.4, 0.5) is 0 Å². The van der Waals surface area contributed by atoms with Crippen molar-refractivity contribution in [2.45, 2.75) is 24.5 Å². The van der Waals surface area contributed by atoms with Crippen LogP contribution in [0.1, 0.15) is 5.56 Å². The number of carboxylic acids is 1. The van der Waals surface area contributed by atoms with Gasteiger partial charge in [0.2, 0.25) is 11.8 Å². The number of hydrogen-bond acceptors (Lipinski definition) is 5. The van der Waals surface area contributed by atoms with Crippen molar-refractivity contribution in [1.29, 1.82) is 0 Å². The molecule has 2 fully saturated rings. The van der Waals surface area contributed by atoms with E-state index >= 15 is 0 Å². The van der Waals surface area contributed by atoms with Crippen LogP contribution in [0.15, 0.2) is 30.3 Å². The van der Waals surface area contributed by atoms with Crippen LogP contribution >= 0.6 is 0 Å². The Morgan fingerprint density at radius 3 is 2.48 bits per heavy atom. The zero-order valence-corrected chi connectivity index (χ0v) is 13.7. The highest BCUT2D eigenvalue weighted by molar-refractivity contribution is 5.97. The SMILES string of the molecule is O=C(O)[C@H]1N[C@@H]1C(=O)N[C@@H](Cc1ccccc1)C(=O)N1CCOCC1. The molecule has 2 heterocycles. The number of nitrogens with one attached hydrogen (secondary N) is 2. The molecule has 8 nitrogen and oxygen atoms in total. The fourth-order valence-electron chi connectivity index (χ4n) is 2.89. The summed E-state index contributed by atoms with van der Waals surface area (Å²) in [5.74, 6) is -1.71. The number of nitrogens with zero attached hydrogens (tertiary/aromatic N) is 1. The normalized spacial score (nSPS) is 23.6. The summed E-state index contributed by atoms with van der Waals surface area (Å²) < 4.78 is 5.26. The first-order valence-electron chi connectivity index (χ1n) is 8.26. The Morgan fingerprint density at radius 1 is 1.20 bits per heavy atom. The molecule has 3 atom stereocenters. The summed E-state index contributed by atoms with van der Waals surface area (Å²) in [6.45, 7) is 1.92. The number of carboxylic acid groups (broad SMARTS) is 1. The van der Waals surface area contributed by atoms with Crippen LogP contribution in [0.3, 0.4) is 0 Å². The van der Waals surface area contributed by atoms with Gasteiger partial charge in [0.05, 0.1) is 13.2 Å². The van der Waals surface area contributed by atoms with Gasteiger partial charge in [-0.15, -0.1) is 0 Å². The quantitative estimate of drug-likeness (QED) is 0.568. The number of rotatable bonds is 6. The van der Waals surface area contributed by atoms with Gasteiger partial charge < -0.3 is 20.1 Å². The van der Waals surface area contributed by atoms with Gasteiger partial charge in [0, 0.05) is 19.5 Å². The number of morpholine rings is 1. The fraction of sp³-hybridized carbons (Fsp3) is 0.471. The second-order valence-corrected chi connectivity index (χ2v) is 6.15. The minimum Gasteiger partial charge on any atom is -0.480 e. The molecule has 8 heteroatoms. The minimum atomic E-state index is -1.07. The van der Waals surface area contributed by atoms with Gasteiger partial charge in [-0.2, -0.15) is 0 Å². The molecule has 2 aliphatic rings. The lowest BCUT2D eigenvalue weighted by molar-refractivity contribution is -0.140. The lowest BCUT2D eigenvalue weighted by Gasteiger charge is -2.30. The van der Waals surface area contributed by atoms with Crippen LogP contribution in [0, 0.1) is 0 Å². The fourth-order valence-corrected chi connectivity index (χ4v) is 2.89. The molecule has 0 spiro atoms. The van der Waals surface area contributed by atoms with Crippen molar-refractivity contribution in [2.75, 3.05) is 26.3 Å². The molecule has 2 amide bonds. The zero-order valence-electron chi connectivity index (χ0n) is 13.7. The van der Waals surface area contributed by atoms with Gasteiger partial charge in [-0.3, -0.25) is 19.7 Å². The van der Waals surface area contributed by atoms with E-state index in [4.69, 9.17) is 9.84 Å². The third kappa shape index (κ3) is 4.34. The van der Waals surface area contributed by atoms with Gasteiger partial charge >= 0.3 is 5.97 Å². The molecular formula is C17H21N3O5. The predicted molar refractivity (Wildman–Crippen MR) is 87.8 cm³/mol. The van der Waals surface area contributed by atoms with Crippen molar-refractivity contribution in [3.8, 4) is 0 Å². The Balaban J connectivity index is 1.68. The third-order valence-corrected chi connectivity index (χ3v) is 4.35. The molecule has 0 saturated carbocycles. The lowest BCUT2D eigenvalue weighted by atomic mass is 10.0. The van der Waals surface area contributed by atoms with Crippen molar-refractivity contribution < 1.29 is 24.2 Å². The second-order valence-electron chi connectivity index (χ2n) is 6.15. The predicted octanol–water partition coefficient (Wildman–Crippen LogP) is -1.00. The summed E-state index contributed by atoms with van der Waals surface area (Å²) >= 11 is 0. The van der Waals surface area contributed by atoms with Crippen LogP contribution in [-0.4, -0.2) is 72.2 Å². The molecule has 1 aromatic carbocycles. The molecular weight excluding hydrogens is 326 g/mol. The van der Waals surface area contributed by atoms with E-state index in [9.17, 15) is 14.4 Å². The monoisotopic (exact) mass is 347 g/mol. The third-order valence-electron chi connectivity index (χ3n) is 4.35. The van der Waals surface area contributed by atoms with E-state index in [1.807, 2.05) is 30.3 Å². The van der Waals surface area contributed by atoms with Crippen LogP contribution in [0.5, 0.6) is 0 Å². The highest BCUT2D eigenvalue weighted by atomic mass is 16.5. The number of aliphatic carboxylic acids is 1. The molecule has 134 valence electrons. The van der Waals surface area contributed by atoms with Gasteiger partial charge in [0.15, 0.2) is 0 Å². The Hall–Kier alpha value is -2.45. The van der Waals surface area contributed by atoms with E-state index < -0.39 is 30.0 Å². The van der Waals surface area contributed by atoms with Gasteiger partial charge in [-0.1, -0.05) is 30.3 Å². The Kier molecular flexibility index (Phi) is 5.30. The standard InChI is InChI=1S/C17H21N3O5/c21-15(13-14(19-13)17(23)24)18-12(10-11-4-2-1-3-5-11)16(22)20-6-8-25-9-7-20/h1-5,12-14,19H,6-10H2,(H,18,21)(H,23,24)/t12-,13-,14-/m0/s1. The number of amides is 2. The maximum absolute atomic E-state index is 12.8. The minimum absolute atomic E-state index is 0.173. The van der Waals surface area contributed by atoms with E-state index in [0.29, 0.717) is 32.7 Å². The molecule has 0 radical (unpaired) electrons. The lowest BCUT2D eigenvalue weighted by Crippen LogP contribution is -2.53. The topological polar surface area (TPSA) is 118 Å². The van der Waals surface area contributed by atoms with Gasteiger partial charge in [-0.25, -0.2) is 0 Å². The molecule has 25 heavy (non-hydrogen) atoms. The summed E-state index contributed by atoms with van der Waals surface area (Å²) in [6, 6.07) is 7.01. The van der Waals surface area contributed by atoms with E-state index in [-0.39, 0.29) is 5.91 Å². The van der Waals surface area contributed by atoms with E-state index in [1.165, 1.54) is 0 Å². The van der Waals surface area contributed by atoms with Crippen molar-refractivity contribution in [3.05, 3.63) is 35.9 Å². The van der Waals surface area contributed by atoms with Crippen LogP contribution < -0.4 is 10.6 Å². The van der Waals surface area contributed by atoms with Crippen LogP contribution in [0.2, 0.25) is 0 Å². The van der Waals surface area contributed by atoms with Crippen LogP contribution in [-0.2, 0) is 25.5 Å². The van der Waals surface area contributed by atoms with Crippen molar-refractivity contribution in [1.82, 2.24) is 15.5 Å². The molecule has 3 N–H and O–H groups in total. The van der Waals surface area contributed by atoms with Crippen molar-refractivity contribution in [2.24, 2.45) is 0 Å². The Morgan fingerprint density at radius 2 is 1.88 bits per heavy atom. The molecule has 0 aromatic heterocycles. The summed E-state index contributed by atoms with van der Waals surface area (Å²) in [7, 11) is 0. The second kappa shape index (κ2) is 7.62. The van der Waals surface area contributed by atoms with Gasteiger partial charge in [-0.05, 0) is 5.56 Å². The number of carbonyl (C=O) groups is 3. The number of ether oxygens (including phenoxy) is 1. The molecule has 0 aliphatic carbocycles. The van der Waals surface area contributed by atoms with Gasteiger partial charge in [0.1, 0.15) is 18.1 Å². The van der Waals surface area contributed by atoms with E-state index in [0.717, 1.165) is 5.56 Å². The number of carbonyl (C=O) groups excluding carboxylic acids is 2. The Bertz CT molecular complexity index is 645. The molecule has 0 bridgehead atoms. The average molecular weight is 347 g/mol. The van der Waals surface area contributed by atoms with E-state index in [2.05, 4.69) is 10.6 Å². The Labute approximate surface area is 145 Å². The summed E-state index contributed by atoms with van der Waals surface area (Å²) in [5, 5.41) is 14.2. The highest BCUT2D eigenvalue weighted by Crippen LogP contribution is 2.13. The summed E-state index contributed by atoms with van der Waals surface area (Å²) in [4.78, 5) is 37.7. The maximum Gasteiger partial charge on any atom is 0.322 e. The molecule has 2 aliphatic heterocycles. The molecule has 0 unspecified atom stereocenters. The number of hydrogen-bond donors (Lipinski definition) is 3.